The highest BCUT2D eigenvalue weighted by molar-refractivity contribution is 5.90. The first-order chi connectivity index (χ1) is 11.7. The van der Waals surface area contributed by atoms with E-state index in [9.17, 15) is 14.0 Å². The maximum absolute atomic E-state index is 14.1. The molecule has 0 bridgehead atoms. The molecule has 0 spiro atoms. The summed E-state index contributed by atoms with van der Waals surface area (Å²) < 4.78 is 18.8. The summed E-state index contributed by atoms with van der Waals surface area (Å²) in [5, 5.41) is 12.4. The number of carbonyl (C=O) groups is 2. The largest absolute Gasteiger partial charge is 0.465 e. The van der Waals surface area contributed by atoms with Crippen LogP contribution in [0.3, 0.4) is 0 Å². The van der Waals surface area contributed by atoms with Crippen LogP contribution in [0.5, 0.6) is 0 Å². The number of amides is 1. The number of likely N-dealkylation sites (tertiary alicyclic amines) is 1. The Labute approximate surface area is 147 Å². The molecule has 25 heavy (non-hydrogen) atoms. The van der Waals surface area contributed by atoms with Gasteiger partial charge in [-0.25, -0.2) is 14.0 Å². The maximum Gasteiger partial charge on any atom is 0.407 e. The fourth-order valence-corrected chi connectivity index (χ4v) is 3.50. The molecule has 2 N–H and O–H groups in total. The number of carboxylic acid groups (broad SMARTS) is 1. The van der Waals surface area contributed by atoms with Gasteiger partial charge in [-0.15, -0.1) is 0 Å². The summed E-state index contributed by atoms with van der Waals surface area (Å²) in [4.78, 5) is 24.2. The molecule has 1 unspecified atom stereocenters. The molecule has 1 aromatic rings. The number of piperidine rings is 1. The Morgan fingerprint density at radius 3 is 2.68 bits per heavy atom. The Kier molecular flexibility index (Phi) is 5.87. The predicted molar refractivity (Wildman–Crippen MR) is 92.4 cm³/mol. The van der Waals surface area contributed by atoms with Crippen molar-refractivity contribution >= 4 is 17.7 Å². The van der Waals surface area contributed by atoms with Crippen molar-refractivity contribution in [1.29, 1.82) is 0 Å². The van der Waals surface area contributed by atoms with Gasteiger partial charge in [0.2, 0.25) is 0 Å². The number of nitrogens with zero attached hydrogens (tertiary/aromatic N) is 1. The zero-order valence-corrected chi connectivity index (χ0v) is 15.0. The van der Waals surface area contributed by atoms with E-state index in [2.05, 4.69) is 10.1 Å². The van der Waals surface area contributed by atoms with E-state index in [4.69, 9.17) is 5.11 Å². The molecule has 3 atom stereocenters. The molecule has 1 fully saturated rings. The van der Waals surface area contributed by atoms with Crippen molar-refractivity contribution in [3.63, 3.8) is 0 Å². The van der Waals surface area contributed by atoms with Crippen molar-refractivity contribution in [2.45, 2.75) is 33.2 Å². The molecule has 1 amide bonds. The zero-order chi connectivity index (χ0) is 18.7. The van der Waals surface area contributed by atoms with E-state index >= 15 is 0 Å². The van der Waals surface area contributed by atoms with E-state index < -0.39 is 17.9 Å². The maximum atomic E-state index is 14.1. The summed E-state index contributed by atoms with van der Waals surface area (Å²) in [7, 11) is 1.26. The van der Waals surface area contributed by atoms with E-state index in [1.807, 2.05) is 13.8 Å². The molecule has 0 aliphatic carbocycles. The minimum absolute atomic E-state index is 0.0111. The highest BCUT2D eigenvalue weighted by Gasteiger charge is 2.32. The monoisotopic (exact) mass is 352 g/mol. The molecule has 1 aliphatic rings. The fourth-order valence-electron chi connectivity index (χ4n) is 3.50. The summed E-state index contributed by atoms with van der Waals surface area (Å²) in [6, 6.07) is 2.78. The standard InChI is InChI=1S/C18H25FN2O4/c1-10-9-21(18(23)24)6-5-14(10)12(3)20-16-8-13(17(22)25-4)7-15(19)11(16)2/h7-8,10,12,14,20H,5-6,9H2,1-4H3,(H,23,24)/t10-,12?,14+/m1/s1. The van der Waals surface area contributed by atoms with Crippen LogP contribution in [0.15, 0.2) is 12.1 Å². The number of anilines is 1. The van der Waals surface area contributed by atoms with Crippen LogP contribution in [0.1, 0.15) is 36.2 Å². The molecule has 1 heterocycles. The molecule has 0 radical (unpaired) electrons. The third-order valence-corrected chi connectivity index (χ3v) is 5.03. The second-order valence-corrected chi connectivity index (χ2v) is 6.71. The molecular formula is C18H25FN2O4. The first-order valence-corrected chi connectivity index (χ1v) is 8.37. The van der Waals surface area contributed by atoms with Crippen molar-refractivity contribution < 1.29 is 23.8 Å². The smallest absolute Gasteiger partial charge is 0.407 e. The third kappa shape index (κ3) is 4.21. The van der Waals surface area contributed by atoms with Gasteiger partial charge in [0.1, 0.15) is 5.82 Å². The van der Waals surface area contributed by atoms with Gasteiger partial charge in [0.25, 0.3) is 0 Å². The summed E-state index contributed by atoms with van der Waals surface area (Å²) in [5.41, 5.74) is 1.16. The Bertz CT molecular complexity index is 665. The highest BCUT2D eigenvalue weighted by atomic mass is 19.1. The van der Waals surface area contributed by atoms with Gasteiger partial charge >= 0.3 is 12.1 Å². The number of ether oxygens (including phenoxy) is 1. The van der Waals surface area contributed by atoms with Crippen LogP contribution in [-0.4, -0.2) is 48.3 Å². The van der Waals surface area contributed by atoms with Gasteiger partial charge < -0.3 is 20.1 Å². The average Bonchev–Trinajstić information content (AvgIpc) is 2.57. The summed E-state index contributed by atoms with van der Waals surface area (Å²) in [6.45, 7) is 6.66. The van der Waals surface area contributed by atoms with Crippen LogP contribution in [0.2, 0.25) is 0 Å². The van der Waals surface area contributed by atoms with Gasteiger partial charge in [-0.05, 0) is 44.2 Å². The van der Waals surface area contributed by atoms with Crippen LogP contribution in [0.4, 0.5) is 14.9 Å². The minimum Gasteiger partial charge on any atom is -0.465 e. The van der Waals surface area contributed by atoms with Crippen molar-refractivity contribution in [3.8, 4) is 0 Å². The van der Waals surface area contributed by atoms with Crippen molar-refractivity contribution in [1.82, 2.24) is 4.90 Å². The van der Waals surface area contributed by atoms with E-state index in [0.717, 1.165) is 6.42 Å². The number of halogens is 1. The summed E-state index contributed by atoms with van der Waals surface area (Å²) >= 11 is 0. The van der Waals surface area contributed by atoms with E-state index in [0.29, 0.717) is 24.3 Å². The first kappa shape index (κ1) is 19.0. The topological polar surface area (TPSA) is 78.9 Å². The number of carbonyl (C=O) groups excluding carboxylic acids is 1. The molecule has 6 nitrogen and oxygen atoms in total. The Hall–Kier alpha value is -2.31. The highest BCUT2D eigenvalue weighted by Crippen LogP contribution is 2.30. The Balaban J connectivity index is 2.15. The Morgan fingerprint density at radius 1 is 1.44 bits per heavy atom. The average molecular weight is 352 g/mol. The van der Waals surface area contributed by atoms with Crippen LogP contribution in [-0.2, 0) is 4.74 Å². The number of hydrogen-bond acceptors (Lipinski definition) is 4. The molecular weight excluding hydrogens is 327 g/mol. The number of hydrogen-bond donors (Lipinski definition) is 2. The van der Waals surface area contributed by atoms with Gasteiger partial charge in [0.05, 0.1) is 12.7 Å². The second-order valence-electron chi connectivity index (χ2n) is 6.71. The van der Waals surface area contributed by atoms with Gasteiger partial charge in [-0.3, -0.25) is 0 Å². The molecule has 138 valence electrons. The van der Waals surface area contributed by atoms with Crippen molar-refractivity contribution in [2.75, 3.05) is 25.5 Å². The first-order valence-electron chi connectivity index (χ1n) is 8.37. The normalized spacial score (nSPS) is 21.6. The molecule has 1 aromatic carbocycles. The van der Waals surface area contributed by atoms with Crippen LogP contribution in [0.25, 0.3) is 0 Å². The predicted octanol–water partition coefficient (Wildman–Crippen LogP) is 3.36. The summed E-state index contributed by atoms with van der Waals surface area (Å²) in [5.74, 6) is -0.620. The number of esters is 1. The Morgan fingerprint density at radius 2 is 2.12 bits per heavy atom. The third-order valence-electron chi connectivity index (χ3n) is 5.03. The van der Waals surface area contributed by atoms with E-state index in [1.165, 1.54) is 18.1 Å². The van der Waals surface area contributed by atoms with Crippen LogP contribution >= 0.6 is 0 Å². The van der Waals surface area contributed by atoms with Gasteiger partial charge in [0, 0.05) is 30.4 Å². The van der Waals surface area contributed by atoms with Gasteiger partial charge in [0.15, 0.2) is 0 Å². The SMILES string of the molecule is COC(=O)c1cc(F)c(C)c(NC(C)[C@H]2CCN(C(=O)O)C[C@H]2C)c1. The van der Waals surface area contributed by atoms with E-state index in [1.54, 1.807) is 13.0 Å². The number of methoxy groups -OCH3 is 1. The zero-order valence-electron chi connectivity index (χ0n) is 15.0. The lowest BCUT2D eigenvalue weighted by molar-refractivity contribution is 0.0600. The summed E-state index contributed by atoms with van der Waals surface area (Å²) in [6.07, 6.45) is -0.158. The number of benzene rings is 1. The second kappa shape index (κ2) is 7.72. The minimum atomic E-state index is -0.894. The number of rotatable bonds is 4. The van der Waals surface area contributed by atoms with E-state index in [-0.39, 0.29) is 23.4 Å². The molecule has 0 aromatic heterocycles. The lowest BCUT2D eigenvalue weighted by atomic mass is 9.82. The molecule has 1 saturated heterocycles. The van der Waals surface area contributed by atoms with Gasteiger partial charge in [-0.2, -0.15) is 0 Å². The molecule has 1 aliphatic heterocycles. The van der Waals surface area contributed by atoms with Gasteiger partial charge in [-0.1, -0.05) is 6.92 Å². The fraction of sp³-hybridized carbons (Fsp3) is 0.556. The van der Waals surface area contributed by atoms with Crippen molar-refractivity contribution in [2.24, 2.45) is 11.8 Å². The lowest BCUT2D eigenvalue weighted by Crippen LogP contribution is -2.46. The molecule has 7 heteroatoms. The quantitative estimate of drug-likeness (QED) is 0.813. The van der Waals surface area contributed by atoms with Crippen LogP contribution in [0, 0.1) is 24.6 Å². The lowest BCUT2D eigenvalue weighted by Gasteiger charge is -2.39. The molecule has 0 saturated carbocycles. The molecule has 2 rings (SSSR count). The van der Waals surface area contributed by atoms with Crippen molar-refractivity contribution in [3.05, 3.63) is 29.1 Å². The number of nitrogens with one attached hydrogen (secondary N) is 1. The van der Waals surface area contributed by atoms with Crippen LogP contribution < -0.4 is 5.32 Å².